The zero-order chi connectivity index (χ0) is 20.9. The van der Waals surface area contributed by atoms with Gasteiger partial charge in [0.2, 0.25) is 5.88 Å². The molecule has 0 fully saturated rings. The summed E-state index contributed by atoms with van der Waals surface area (Å²) in [6.07, 6.45) is 5.16. The molecule has 4 rings (SSSR count). The van der Waals surface area contributed by atoms with Gasteiger partial charge in [-0.1, -0.05) is 48.5 Å². The van der Waals surface area contributed by atoms with Gasteiger partial charge in [0.25, 0.3) is 0 Å². The number of anilines is 2. The summed E-state index contributed by atoms with van der Waals surface area (Å²) >= 11 is 3.53. The first-order chi connectivity index (χ1) is 14.3. The van der Waals surface area contributed by atoms with Crippen LogP contribution in [0.2, 0.25) is 0 Å². The standard InChI is InChI=1S/C15H13N3O.C7H9N.CH4S/c1-19-15-14-12(7-9-17-15)13(8-10-16-14)18-11-5-3-2-4-6-11;8-6-7-4-2-1-3-5-7;1-2/h2-10H,1H3,(H,16,18);1-5H,6,8H2;2H,1H3. The van der Waals surface area contributed by atoms with Crippen molar-refractivity contribution in [3.63, 3.8) is 0 Å². The number of rotatable bonds is 4. The van der Waals surface area contributed by atoms with E-state index in [0.717, 1.165) is 22.3 Å². The quantitative estimate of drug-likeness (QED) is 0.413. The van der Waals surface area contributed by atoms with E-state index in [9.17, 15) is 0 Å². The second-order valence-corrected chi connectivity index (χ2v) is 5.76. The van der Waals surface area contributed by atoms with E-state index < -0.39 is 0 Å². The average molecular weight is 407 g/mol. The number of nitrogens with zero attached hydrogens (tertiary/aromatic N) is 2. The maximum atomic E-state index is 5.35. The van der Waals surface area contributed by atoms with E-state index in [4.69, 9.17) is 10.5 Å². The molecule has 2 aromatic carbocycles. The molecule has 150 valence electrons. The van der Waals surface area contributed by atoms with Gasteiger partial charge in [0.1, 0.15) is 5.52 Å². The molecule has 0 aliphatic carbocycles. The first-order valence-corrected chi connectivity index (χ1v) is 9.99. The minimum absolute atomic E-state index is 0.536. The van der Waals surface area contributed by atoms with Crippen LogP contribution in [0.3, 0.4) is 0 Å². The normalized spacial score (nSPS) is 9.52. The number of thiol groups is 1. The third-order valence-electron chi connectivity index (χ3n) is 3.95. The lowest BCUT2D eigenvalue weighted by molar-refractivity contribution is 0.402. The van der Waals surface area contributed by atoms with Crippen LogP contribution in [-0.4, -0.2) is 23.3 Å². The summed E-state index contributed by atoms with van der Waals surface area (Å²) in [5.41, 5.74) is 9.31. The van der Waals surface area contributed by atoms with Crippen molar-refractivity contribution in [2.45, 2.75) is 6.54 Å². The second kappa shape index (κ2) is 12.4. The highest BCUT2D eigenvalue weighted by Crippen LogP contribution is 2.28. The largest absolute Gasteiger partial charge is 0.479 e. The number of methoxy groups -OCH3 is 1. The van der Waals surface area contributed by atoms with Crippen molar-refractivity contribution in [2.75, 3.05) is 18.7 Å². The van der Waals surface area contributed by atoms with Crippen molar-refractivity contribution in [3.05, 3.63) is 90.8 Å². The molecule has 5 nitrogen and oxygen atoms in total. The van der Waals surface area contributed by atoms with Gasteiger partial charge in [0.15, 0.2) is 0 Å². The van der Waals surface area contributed by atoms with Gasteiger partial charge in [-0.2, -0.15) is 12.6 Å². The predicted octanol–water partition coefficient (Wildman–Crippen LogP) is 5.07. The molecule has 0 bridgehead atoms. The minimum Gasteiger partial charge on any atom is -0.479 e. The van der Waals surface area contributed by atoms with Crippen molar-refractivity contribution in [1.82, 2.24) is 9.97 Å². The summed E-state index contributed by atoms with van der Waals surface area (Å²) in [4.78, 5) is 8.49. The Morgan fingerprint density at radius 3 is 2.07 bits per heavy atom. The zero-order valence-corrected chi connectivity index (χ0v) is 17.5. The molecule has 0 saturated carbocycles. The molecule has 2 heterocycles. The predicted molar refractivity (Wildman–Crippen MR) is 125 cm³/mol. The van der Waals surface area contributed by atoms with E-state index in [2.05, 4.69) is 27.9 Å². The molecule has 0 unspecified atom stereocenters. The van der Waals surface area contributed by atoms with Gasteiger partial charge in [-0.3, -0.25) is 4.98 Å². The first kappa shape index (κ1) is 22.2. The van der Waals surface area contributed by atoms with Gasteiger partial charge in [0, 0.05) is 35.7 Å². The third-order valence-corrected chi connectivity index (χ3v) is 3.95. The number of nitrogens with two attached hydrogens (primary N) is 1. The van der Waals surface area contributed by atoms with Crippen molar-refractivity contribution in [2.24, 2.45) is 5.73 Å². The Bertz CT molecular complexity index is 982. The van der Waals surface area contributed by atoms with Gasteiger partial charge in [-0.15, -0.1) is 0 Å². The van der Waals surface area contributed by atoms with Crippen molar-refractivity contribution >= 4 is 34.9 Å². The van der Waals surface area contributed by atoms with Gasteiger partial charge in [-0.25, -0.2) is 4.98 Å². The average Bonchev–Trinajstić information content (AvgIpc) is 2.82. The number of ether oxygens (including phenoxy) is 1. The highest BCUT2D eigenvalue weighted by Gasteiger charge is 2.07. The van der Waals surface area contributed by atoms with E-state index in [1.165, 1.54) is 5.56 Å². The Hall–Kier alpha value is -3.09. The summed E-state index contributed by atoms with van der Waals surface area (Å²) in [6, 6.07) is 23.9. The Morgan fingerprint density at radius 1 is 0.862 bits per heavy atom. The Kier molecular flexibility index (Phi) is 9.48. The summed E-state index contributed by atoms with van der Waals surface area (Å²) in [6.45, 7) is 0.640. The highest BCUT2D eigenvalue weighted by atomic mass is 32.1. The van der Waals surface area contributed by atoms with Crippen molar-refractivity contribution < 1.29 is 4.74 Å². The summed E-state index contributed by atoms with van der Waals surface area (Å²) in [7, 11) is 1.60. The van der Waals surface area contributed by atoms with Crippen LogP contribution in [0.5, 0.6) is 5.88 Å². The van der Waals surface area contributed by atoms with Crippen LogP contribution in [0, 0.1) is 0 Å². The molecule has 6 heteroatoms. The van der Waals surface area contributed by atoms with Gasteiger partial charge < -0.3 is 15.8 Å². The number of benzene rings is 2. The Morgan fingerprint density at radius 2 is 1.48 bits per heavy atom. The monoisotopic (exact) mass is 406 g/mol. The molecule has 0 aliphatic heterocycles. The molecule has 3 N–H and O–H groups in total. The van der Waals surface area contributed by atoms with Crippen molar-refractivity contribution in [3.8, 4) is 5.88 Å². The topological polar surface area (TPSA) is 73.1 Å². The lowest BCUT2D eigenvalue weighted by atomic mass is 10.2. The van der Waals surface area contributed by atoms with E-state index in [0.29, 0.717) is 12.4 Å². The molecule has 4 aromatic rings. The Balaban J connectivity index is 0.000000252. The van der Waals surface area contributed by atoms with E-state index in [-0.39, 0.29) is 0 Å². The fraction of sp³-hybridized carbons (Fsp3) is 0.130. The number of hydrogen-bond acceptors (Lipinski definition) is 6. The summed E-state index contributed by atoms with van der Waals surface area (Å²) in [5.74, 6) is 0.536. The molecule has 0 aliphatic rings. The molecule has 2 aromatic heterocycles. The molecule has 0 radical (unpaired) electrons. The number of hydrogen-bond donors (Lipinski definition) is 3. The van der Waals surface area contributed by atoms with Gasteiger partial charge >= 0.3 is 0 Å². The van der Waals surface area contributed by atoms with Gasteiger partial charge in [-0.05, 0) is 36.1 Å². The number of aromatic nitrogens is 2. The fourth-order valence-corrected chi connectivity index (χ4v) is 2.60. The van der Waals surface area contributed by atoms with E-state index in [1.807, 2.05) is 72.8 Å². The first-order valence-electron chi connectivity index (χ1n) is 9.10. The smallest absolute Gasteiger partial charge is 0.240 e. The maximum Gasteiger partial charge on any atom is 0.240 e. The van der Waals surface area contributed by atoms with Gasteiger partial charge in [0.05, 0.1) is 7.11 Å². The van der Waals surface area contributed by atoms with E-state index >= 15 is 0 Å². The number of fused-ring (bicyclic) bond motifs is 1. The SMILES string of the molecule is COc1nccc2c(Nc3ccccc3)ccnc12.CS.NCc1ccccc1. The third kappa shape index (κ3) is 6.48. The van der Waals surface area contributed by atoms with E-state index in [1.54, 1.807) is 25.8 Å². The van der Waals surface area contributed by atoms with Crippen LogP contribution < -0.4 is 15.8 Å². The van der Waals surface area contributed by atoms with Crippen LogP contribution in [0.15, 0.2) is 85.2 Å². The lowest BCUT2D eigenvalue weighted by Crippen LogP contribution is -1.95. The molecule has 0 atom stereocenters. The number of para-hydroxylation sites is 1. The van der Waals surface area contributed by atoms with Crippen LogP contribution in [-0.2, 0) is 6.54 Å². The van der Waals surface area contributed by atoms with Crippen LogP contribution in [0.25, 0.3) is 10.9 Å². The molecular formula is C23H26N4OS. The maximum absolute atomic E-state index is 5.35. The number of pyridine rings is 2. The second-order valence-electron chi connectivity index (χ2n) is 5.76. The minimum atomic E-state index is 0.536. The van der Waals surface area contributed by atoms with Crippen LogP contribution in [0.1, 0.15) is 5.56 Å². The van der Waals surface area contributed by atoms with Crippen molar-refractivity contribution in [1.29, 1.82) is 0 Å². The molecule has 0 amide bonds. The zero-order valence-electron chi connectivity index (χ0n) is 16.6. The summed E-state index contributed by atoms with van der Waals surface area (Å²) in [5, 5.41) is 4.36. The van der Waals surface area contributed by atoms with Crippen LogP contribution in [0.4, 0.5) is 11.4 Å². The lowest BCUT2D eigenvalue weighted by Gasteiger charge is -2.10. The molecule has 29 heavy (non-hydrogen) atoms. The highest BCUT2D eigenvalue weighted by molar-refractivity contribution is 7.79. The molecule has 0 spiro atoms. The fourth-order valence-electron chi connectivity index (χ4n) is 2.60. The molecular weight excluding hydrogens is 380 g/mol. The Labute approximate surface area is 177 Å². The summed E-state index contributed by atoms with van der Waals surface area (Å²) < 4.78 is 5.23. The van der Waals surface area contributed by atoms with Crippen LogP contribution >= 0.6 is 12.6 Å². The molecule has 0 saturated heterocycles. The number of nitrogens with one attached hydrogen (secondary N) is 1.